The predicted molar refractivity (Wildman–Crippen MR) is 107 cm³/mol. The Morgan fingerprint density at radius 1 is 1.00 bits per heavy atom. The van der Waals surface area contributed by atoms with Gasteiger partial charge in [0.2, 0.25) is 0 Å². The van der Waals surface area contributed by atoms with Gasteiger partial charge in [-0.2, -0.15) is 12.6 Å². The molecule has 0 heterocycles. The number of hydrogen-bond donors (Lipinski definition) is 1. The average Bonchev–Trinajstić information content (AvgIpc) is 2.69. The number of azide groups is 1. The van der Waals surface area contributed by atoms with Crippen LogP contribution in [0.2, 0.25) is 0 Å². The number of carbonyl (C=O) groups excluding carboxylic acids is 3. The molecule has 0 saturated heterocycles. The molecule has 0 radical (unpaired) electrons. The van der Waals surface area contributed by atoms with Crippen LogP contribution in [0.25, 0.3) is 10.4 Å². The van der Waals surface area contributed by atoms with Gasteiger partial charge in [0.15, 0.2) is 0 Å². The number of thiol groups is 1. The lowest BCUT2D eigenvalue weighted by molar-refractivity contribution is -0.169. The summed E-state index contributed by atoms with van der Waals surface area (Å²) in [5, 5.41) is 3.39. The Kier molecular flexibility index (Phi) is 15.0. The highest BCUT2D eigenvalue weighted by Crippen LogP contribution is 2.21. The van der Waals surface area contributed by atoms with Gasteiger partial charge in [-0.15, -0.1) is 0 Å². The fourth-order valence-electron chi connectivity index (χ4n) is 2.11. The molecule has 0 rings (SSSR count). The van der Waals surface area contributed by atoms with Crippen molar-refractivity contribution in [2.24, 2.45) is 10.5 Å². The van der Waals surface area contributed by atoms with Gasteiger partial charge in [-0.3, -0.25) is 14.4 Å². The first kappa shape index (κ1) is 26.1. The Morgan fingerprint density at radius 3 is 2.07 bits per heavy atom. The van der Waals surface area contributed by atoms with Crippen LogP contribution in [-0.2, 0) is 28.6 Å². The van der Waals surface area contributed by atoms with E-state index < -0.39 is 23.3 Å². The van der Waals surface area contributed by atoms with Gasteiger partial charge >= 0.3 is 17.9 Å². The maximum absolute atomic E-state index is 12.4. The Balaban J connectivity index is 4.59. The first-order chi connectivity index (χ1) is 13.4. The molecule has 0 aromatic rings. The maximum Gasteiger partial charge on any atom is 0.318 e. The molecule has 0 saturated carbocycles. The molecule has 0 aliphatic carbocycles. The molecule has 28 heavy (non-hydrogen) atoms. The second kappa shape index (κ2) is 16.1. The number of nitrogens with zero attached hydrogens (tertiary/aromatic N) is 3. The Labute approximate surface area is 171 Å². The molecule has 0 aliphatic rings. The second-order valence-electron chi connectivity index (χ2n) is 6.61. The van der Waals surface area contributed by atoms with E-state index in [1.165, 1.54) is 6.92 Å². The quantitative estimate of drug-likeness (QED) is 0.0777. The number of rotatable bonds is 16. The SMILES string of the molecule is CCCCCC(=O)OCC(C)(COC(=O)CCCCN=[N+]=[N-])C(=O)OCCS. The summed E-state index contributed by atoms with van der Waals surface area (Å²) in [6.45, 7) is 3.50. The highest BCUT2D eigenvalue weighted by atomic mass is 32.1. The molecule has 9 nitrogen and oxygen atoms in total. The molecule has 0 aromatic heterocycles. The molecule has 0 aromatic carbocycles. The van der Waals surface area contributed by atoms with Crippen LogP contribution in [-0.4, -0.2) is 50.0 Å². The van der Waals surface area contributed by atoms with Crippen molar-refractivity contribution in [2.45, 2.75) is 58.8 Å². The molecule has 1 atom stereocenters. The van der Waals surface area contributed by atoms with E-state index in [1.54, 1.807) is 0 Å². The van der Waals surface area contributed by atoms with Crippen LogP contribution in [0.1, 0.15) is 58.8 Å². The largest absolute Gasteiger partial charge is 0.464 e. The van der Waals surface area contributed by atoms with Crippen LogP contribution in [0.15, 0.2) is 5.11 Å². The summed E-state index contributed by atoms with van der Waals surface area (Å²) < 4.78 is 15.5. The molecule has 0 bridgehead atoms. The molecule has 0 aliphatic heterocycles. The van der Waals surface area contributed by atoms with Crippen LogP contribution >= 0.6 is 12.6 Å². The molecule has 0 fully saturated rings. The summed E-state index contributed by atoms with van der Waals surface area (Å²) >= 11 is 3.99. The van der Waals surface area contributed by atoms with Crippen LogP contribution < -0.4 is 0 Å². The predicted octanol–water partition coefficient (Wildman–Crippen LogP) is 3.61. The summed E-state index contributed by atoms with van der Waals surface area (Å²) in [6.07, 6.45) is 4.12. The monoisotopic (exact) mass is 417 g/mol. The fourth-order valence-corrected chi connectivity index (χ4v) is 2.20. The molecule has 0 amide bonds. The molecular weight excluding hydrogens is 386 g/mol. The van der Waals surface area contributed by atoms with E-state index in [2.05, 4.69) is 22.7 Å². The van der Waals surface area contributed by atoms with E-state index in [9.17, 15) is 14.4 Å². The highest BCUT2D eigenvalue weighted by molar-refractivity contribution is 7.80. The van der Waals surface area contributed by atoms with Crippen molar-refractivity contribution < 1.29 is 28.6 Å². The van der Waals surface area contributed by atoms with Crippen molar-refractivity contribution in [1.29, 1.82) is 0 Å². The minimum atomic E-state index is -1.29. The number of ether oxygens (including phenoxy) is 3. The van der Waals surface area contributed by atoms with Gasteiger partial charge in [0.25, 0.3) is 0 Å². The molecule has 1 unspecified atom stereocenters. The van der Waals surface area contributed by atoms with Gasteiger partial charge in [0.05, 0.1) is 0 Å². The first-order valence-corrected chi connectivity index (χ1v) is 10.1. The van der Waals surface area contributed by atoms with Crippen LogP contribution in [0.4, 0.5) is 0 Å². The molecular formula is C18H31N3O6S. The Bertz CT molecular complexity index is 539. The molecule has 160 valence electrons. The van der Waals surface area contributed by atoms with E-state index in [4.69, 9.17) is 19.7 Å². The van der Waals surface area contributed by atoms with E-state index in [-0.39, 0.29) is 32.7 Å². The lowest BCUT2D eigenvalue weighted by Crippen LogP contribution is -2.40. The Hall–Kier alpha value is -1.93. The second-order valence-corrected chi connectivity index (χ2v) is 7.06. The summed E-state index contributed by atoms with van der Waals surface area (Å²) in [7, 11) is 0. The lowest BCUT2D eigenvalue weighted by Gasteiger charge is -2.26. The van der Waals surface area contributed by atoms with Crippen molar-refractivity contribution in [3.05, 3.63) is 10.4 Å². The van der Waals surface area contributed by atoms with E-state index in [1.807, 2.05) is 6.92 Å². The zero-order chi connectivity index (χ0) is 21.3. The van der Waals surface area contributed by atoms with Crippen LogP contribution in [0, 0.1) is 5.41 Å². The zero-order valence-corrected chi connectivity index (χ0v) is 17.6. The van der Waals surface area contributed by atoms with E-state index >= 15 is 0 Å². The van der Waals surface area contributed by atoms with Gasteiger partial charge in [-0.1, -0.05) is 24.9 Å². The van der Waals surface area contributed by atoms with Crippen LogP contribution in [0.5, 0.6) is 0 Å². The summed E-state index contributed by atoms with van der Waals surface area (Å²) in [6, 6.07) is 0. The summed E-state index contributed by atoms with van der Waals surface area (Å²) in [5.74, 6) is -1.14. The van der Waals surface area contributed by atoms with Crippen molar-refractivity contribution >= 4 is 30.5 Å². The van der Waals surface area contributed by atoms with Gasteiger partial charge in [0.1, 0.15) is 25.2 Å². The van der Waals surface area contributed by atoms with Crippen LogP contribution in [0.3, 0.4) is 0 Å². The smallest absolute Gasteiger partial charge is 0.318 e. The third kappa shape index (κ3) is 12.5. The minimum Gasteiger partial charge on any atom is -0.464 e. The third-order valence-electron chi connectivity index (χ3n) is 3.86. The van der Waals surface area contributed by atoms with E-state index in [0.29, 0.717) is 25.1 Å². The van der Waals surface area contributed by atoms with E-state index in [0.717, 1.165) is 19.3 Å². The average molecular weight is 418 g/mol. The first-order valence-electron chi connectivity index (χ1n) is 9.49. The minimum absolute atomic E-state index is 0.106. The normalized spacial score (nSPS) is 12.4. The van der Waals surface area contributed by atoms with Crippen molar-refractivity contribution in [1.82, 2.24) is 0 Å². The van der Waals surface area contributed by atoms with Gasteiger partial charge in [0, 0.05) is 30.1 Å². The molecule has 0 spiro atoms. The number of carbonyl (C=O) groups is 3. The maximum atomic E-state index is 12.4. The number of esters is 3. The van der Waals surface area contributed by atoms with Gasteiger partial charge in [-0.25, -0.2) is 0 Å². The summed E-state index contributed by atoms with van der Waals surface area (Å²) in [4.78, 5) is 38.7. The van der Waals surface area contributed by atoms with Crippen molar-refractivity contribution in [3.8, 4) is 0 Å². The number of unbranched alkanes of at least 4 members (excludes halogenated alkanes) is 3. The summed E-state index contributed by atoms with van der Waals surface area (Å²) in [5.41, 5.74) is 6.91. The van der Waals surface area contributed by atoms with Gasteiger partial charge < -0.3 is 14.2 Å². The topological polar surface area (TPSA) is 128 Å². The molecule has 10 heteroatoms. The Morgan fingerprint density at radius 2 is 1.57 bits per heavy atom. The number of hydrogen-bond acceptors (Lipinski definition) is 8. The standard InChI is InChI=1S/C18H31N3O6S/c1-3-4-5-8-15(22)26-13-18(2,17(24)25-11-12-28)14-27-16(23)9-6-7-10-20-21-19/h28H,3-14H2,1-2H3. The third-order valence-corrected chi connectivity index (χ3v) is 4.04. The fraction of sp³-hybridized carbons (Fsp3) is 0.833. The van der Waals surface area contributed by atoms with Crippen molar-refractivity contribution in [3.63, 3.8) is 0 Å². The zero-order valence-electron chi connectivity index (χ0n) is 16.7. The lowest BCUT2D eigenvalue weighted by atomic mass is 9.93. The van der Waals surface area contributed by atoms with Crippen molar-refractivity contribution in [2.75, 3.05) is 32.1 Å². The highest BCUT2D eigenvalue weighted by Gasteiger charge is 2.38. The van der Waals surface area contributed by atoms with Gasteiger partial charge in [-0.05, 0) is 31.7 Å². The molecule has 0 N–H and O–H groups in total.